The largest absolute Gasteiger partial charge is 0.334 e. The van der Waals surface area contributed by atoms with Gasteiger partial charge < -0.3 is 16.0 Å². The predicted octanol–water partition coefficient (Wildman–Crippen LogP) is 4.63. The van der Waals surface area contributed by atoms with Crippen LogP contribution in [0.3, 0.4) is 0 Å². The number of hydrogen-bond acceptors (Lipinski definition) is 4. The molecule has 0 saturated heterocycles. The van der Waals surface area contributed by atoms with E-state index in [1.807, 2.05) is 70.9 Å². The first-order chi connectivity index (χ1) is 14.4. The van der Waals surface area contributed by atoms with Crippen molar-refractivity contribution in [2.75, 3.05) is 18.4 Å². The number of thiophene rings is 1. The van der Waals surface area contributed by atoms with Crippen molar-refractivity contribution < 1.29 is 9.59 Å². The molecule has 0 atom stereocenters. The van der Waals surface area contributed by atoms with Crippen LogP contribution in [0, 0.1) is 5.41 Å². The first kappa shape index (κ1) is 21.7. The lowest BCUT2D eigenvalue weighted by Gasteiger charge is -2.32. The van der Waals surface area contributed by atoms with Gasteiger partial charge in [0.2, 0.25) is 0 Å². The molecule has 0 bridgehead atoms. The second-order valence-electron chi connectivity index (χ2n) is 8.02. The molecule has 0 spiro atoms. The zero-order chi connectivity index (χ0) is 21.6. The van der Waals surface area contributed by atoms with E-state index in [1.54, 1.807) is 6.07 Å². The van der Waals surface area contributed by atoms with Gasteiger partial charge in [-0.25, -0.2) is 0 Å². The fourth-order valence-corrected chi connectivity index (χ4v) is 3.68. The van der Waals surface area contributed by atoms with Crippen molar-refractivity contribution in [3.63, 3.8) is 0 Å². The summed E-state index contributed by atoms with van der Waals surface area (Å²) in [5.74, 6) is -0.143. The molecule has 5 nitrogen and oxygen atoms in total. The van der Waals surface area contributed by atoms with Gasteiger partial charge in [-0.2, -0.15) is 0 Å². The van der Waals surface area contributed by atoms with Crippen molar-refractivity contribution in [1.82, 2.24) is 4.90 Å². The summed E-state index contributed by atoms with van der Waals surface area (Å²) in [5, 5.41) is 4.77. The second kappa shape index (κ2) is 9.69. The average Bonchev–Trinajstić information content (AvgIpc) is 3.30. The van der Waals surface area contributed by atoms with Crippen molar-refractivity contribution in [3.05, 3.63) is 88.1 Å². The molecule has 3 rings (SSSR count). The van der Waals surface area contributed by atoms with Gasteiger partial charge in [0.05, 0.1) is 4.88 Å². The quantitative estimate of drug-likeness (QED) is 0.557. The highest BCUT2D eigenvalue weighted by Crippen LogP contribution is 2.21. The van der Waals surface area contributed by atoms with E-state index in [1.165, 1.54) is 11.3 Å². The maximum atomic E-state index is 13.1. The molecule has 0 radical (unpaired) electrons. The van der Waals surface area contributed by atoms with Crippen molar-refractivity contribution >= 4 is 28.8 Å². The molecular formula is C24H27N3O2S. The lowest BCUT2D eigenvalue weighted by Crippen LogP contribution is -2.41. The number of amides is 2. The summed E-state index contributed by atoms with van der Waals surface area (Å²) in [4.78, 5) is 27.8. The molecule has 30 heavy (non-hydrogen) atoms. The van der Waals surface area contributed by atoms with Crippen LogP contribution in [0.15, 0.2) is 72.1 Å². The van der Waals surface area contributed by atoms with Gasteiger partial charge in [-0.3, -0.25) is 9.59 Å². The van der Waals surface area contributed by atoms with Crippen molar-refractivity contribution in [2.45, 2.75) is 20.4 Å². The molecule has 6 heteroatoms. The van der Waals surface area contributed by atoms with Gasteiger partial charge in [0.25, 0.3) is 11.8 Å². The van der Waals surface area contributed by atoms with Crippen LogP contribution in [-0.4, -0.2) is 29.8 Å². The Balaban J connectivity index is 1.73. The molecule has 1 heterocycles. The van der Waals surface area contributed by atoms with Crippen molar-refractivity contribution in [3.8, 4) is 0 Å². The van der Waals surface area contributed by atoms with Gasteiger partial charge in [-0.1, -0.05) is 50.2 Å². The molecule has 0 aliphatic heterocycles. The lowest BCUT2D eigenvalue weighted by molar-refractivity contribution is 0.0673. The van der Waals surface area contributed by atoms with Crippen LogP contribution in [-0.2, 0) is 6.54 Å². The zero-order valence-corrected chi connectivity index (χ0v) is 18.1. The number of benzene rings is 2. The van der Waals surface area contributed by atoms with Crippen LogP contribution < -0.4 is 11.1 Å². The Hall–Kier alpha value is -2.96. The molecule has 2 aromatic carbocycles. The Morgan fingerprint density at radius 1 is 1.00 bits per heavy atom. The van der Waals surface area contributed by atoms with E-state index in [2.05, 4.69) is 19.2 Å². The molecule has 156 valence electrons. The molecule has 0 fully saturated rings. The number of nitrogens with zero attached hydrogens (tertiary/aromatic N) is 1. The minimum Gasteiger partial charge on any atom is -0.334 e. The summed E-state index contributed by atoms with van der Waals surface area (Å²) >= 11 is 1.40. The predicted molar refractivity (Wildman–Crippen MR) is 123 cm³/mol. The van der Waals surface area contributed by atoms with E-state index in [0.29, 0.717) is 30.1 Å². The molecule has 0 unspecified atom stereocenters. The number of nitrogens with one attached hydrogen (secondary N) is 1. The third kappa shape index (κ3) is 5.78. The van der Waals surface area contributed by atoms with Crippen molar-refractivity contribution in [1.29, 1.82) is 0 Å². The Morgan fingerprint density at radius 3 is 2.30 bits per heavy atom. The van der Waals surface area contributed by atoms with Gasteiger partial charge in [0.1, 0.15) is 0 Å². The minimum atomic E-state index is -0.195. The van der Waals surface area contributed by atoms with E-state index < -0.39 is 0 Å². The van der Waals surface area contributed by atoms with Crippen LogP contribution in [0.5, 0.6) is 0 Å². The SMILES string of the molecule is CC(C)(CN)CN(Cc1ccc(NC(=O)c2cccs2)cc1)C(=O)c1ccccc1. The van der Waals surface area contributed by atoms with E-state index in [0.717, 1.165) is 11.3 Å². The standard InChI is InChI=1S/C24H27N3O2S/c1-24(2,16-25)17-27(23(29)19-7-4-3-5-8-19)15-18-10-12-20(13-11-18)26-22(28)21-9-6-14-30-21/h3-14H,15-17,25H2,1-2H3,(H,26,28). The molecular weight excluding hydrogens is 394 g/mol. The number of hydrogen-bond donors (Lipinski definition) is 2. The van der Waals surface area contributed by atoms with Gasteiger partial charge in [0, 0.05) is 24.3 Å². The molecule has 3 N–H and O–H groups in total. The van der Waals surface area contributed by atoms with Crippen molar-refractivity contribution in [2.24, 2.45) is 11.1 Å². The number of anilines is 1. The monoisotopic (exact) mass is 421 g/mol. The fourth-order valence-electron chi connectivity index (χ4n) is 3.06. The Bertz CT molecular complexity index is 967. The number of nitrogens with two attached hydrogens (primary N) is 1. The summed E-state index contributed by atoms with van der Waals surface area (Å²) in [6, 6.07) is 20.5. The summed E-state index contributed by atoms with van der Waals surface area (Å²) in [6.07, 6.45) is 0. The maximum Gasteiger partial charge on any atom is 0.265 e. The molecule has 2 amide bonds. The third-order valence-corrected chi connectivity index (χ3v) is 5.68. The topological polar surface area (TPSA) is 75.4 Å². The molecule has 1 aromatic heterocycles. The fraction of sp³-hybridized carbons (Fsp3) is 0.250. The van der Waals surface area contributed by atoms with Gasteiger partial charge >= 0.3 is 0 Å². The number of rotatable bonds is 8. The Labute approximate surface area is 181 Å². The first-order valence-electron chi connectivity index (χ1n) is 9.86. The average molecular weight is 422 g/mol. The molecule has 0 aliphatic carbocycles. The third-order valence-electron chi connectivity index (χ3n) is 4.81. The number of carbonyl (C=O) groups is 2. The van der Waals surface area contributed by atoms with E-state index in [9.17, 15) is 9.59 Å². The normalized spacial score (nSPS) is 11.2. The van der Waals surface area contributed by atoms with Crippen LogP contribution in [0.25, 0.3) is 0 Å². The second-order valence-corrected chi connectivity index (χ2v) is 8.97. The molecule has 0 aliphatic rings. The van der Waals surface area contributed by atoms with E-state index >= 15 is 0 Å². The maximum absolute atomic E-state index is 13.1. The van der Waals surface area contributed by atoms with E-state index in [-0.39, 0.29) is 17.2 Å². The zero-order valence-electron chi connectivity index (χ0n) is 17.3. The summed E-state index contributed by atoms with van der Waals surface area (Å²) in [6.45, 7) is 5.62. The van der Waals surface area contributed by atoms with Crippen LogP contribution in [0.4, 0.5) is 5.69 Å². The summed E-state index contributed by atoms with van der Waals surface area (Å²) in [7, 11) is 0. The van der Waals surface area contributed by atoms with Gasteiger partial charge in [-0.15, -0.1) is 11.3 Å². The van der Waals surface area contributed by atoms with Gasteiger partial charge in [-0.05, 0) is 53.2 Å². The Kier molecular flexibility index (Phi) is 7.03. The van der Waals surface area contributed by atoms with Crippen LogP contribution in [0.2, 0.25) is 0 Å². The highest BCUT2D eigenvalue weighted by Gasteiger charge is 2.24. The Morgan fingerprint density at radius 2 is 1.70 bits per heavy atom. The number of carbonyl (C=O) groups excluding carboxylic acids is 2. The first-order valence-corrected chi connectivity index (χ1v) is 10.7. The van der Waals surface area contributed by atoms with Crippen LogP contribution >= 0.6 is 11.3 Å². The minimum absolute atomic E-state index is 0.0211. The molecule has 0 saturated carbocycles. The van der Waals surface area contributed by atoms with E-state index in [4.69, 9.17) is 5.73 Å². The molecule has 3 aromatic rings. The van der Waals surface area contributed by atoms with Crippen LogP contribution in [0.1, 0.15) is 39.4 Å². The highest BCUT2D eigenvalue weighted by atomic mass is 32.1. The summed E-state index contributed by atoms with van der Waals surface area (Å²) < 4.78 is 0. The summed E-state index contributed by atoms with van der Waals surface area (Å²) in [5.41, 5.74) is 8.09. The lowest BCUT2D eigenvalue weighted by atomic mass is 9.92. The van der Waals surface area contributed by atoms with Gasteiger partial charge in [0.15, 0.2) is 0 Å². The smallest absolute Gasteiger partial charge is 0.265 e. The highest BCUT2D eigenvalue weighted by molar-refractivity contribution is 7.12.